The van der Waals surface area contributed by atoms with Crippen molar-refractivity contribution in [3.05, 3.63) is 17.0 Å². The number of urea groups is 1. The van der Waals surface area contributed by atoms with E-state index >= 15 is 0 Å². The van der Waals surface area contributed by atoms with Crippen LogP contribution in [0, 0.1) is 13.8 Å². The molecule has 2 heterocycles. The molecule has 0 aromatic carbocycles. The second-order valence-corrected chi connectivity index (χ2v) is 7.37. The minimum atomic E-state index is -0.0247. The average Bonchev–Trinajstić information content (AvgIpc) is 2.66. The number of amides is 2. The van der Waals surface area contributed by atoms with Gasteiger partial charge in [0.2, 0.25) is 0 Å². The van der Waals surface area contributed by atoms with Crippen LogP contribution in [0.25, 0.3) is 0 Å². The Balaban J connectivity index is 2.08. The predicted octanol–water partition coefficient (Wildman–Crippen LogP) is 2.63. The molecule has 0 saturated carbocycles. The lowest BCUT2D eigenvalue weighted by molar-refractivity contribution is 0.177. The van der Waals surface area contributed by atoms with Crippen LogP contribution >= 0.6 is 11.8 Å². The molecule has 1 aliphatic heterocycles. The number of carbonyl (C=O) groups is 1. The number of thioether (sulfide) groups is 1. The first-order valence-corrected chi connectivity index (χ1v) is 8.56. The second kappa shape index (κ2) is 6.30. The second-order valence-electron chi connectivity index (χ2n) is 5.89. The van der Waals surface area contributed by atoms with Crippen molar-refractivity contribution < 1.29 is 4.79 Å². The SMILES string of the molecule is Cc1nn(C)c(C)c1C(C)NC(=O)N1CCSC(C)C1C. The summed E-state index contributed by atoms with van der Waals surface area (Å²) in [6.07, 6.45) is 0. The summed E-state index contributed by atoms with van der Waals surface area (Å²) in [6.45, 7) is 11.2. The van der Waals surface area contributed by atoms with E-state index in [0.29, 0.717) is 5.25 Å². The van der Waals surface area contributed by atoms with Crippen LogP contribution in [0.3, 0.4) is 0 Å². The highest BCUT2D eigenvalue weighted by molar-refractivity contribution is 8.00. The van der Waals surface area contributed by atoms with Crippen LogP contribution in [0.5, 0.6) is 0 Å². The zero-order valence-corrected chi connectivity index (χ0v) is 14.6. The van der Waals surface area contributed by atoms with Crippen LogP contribution in [-0.4, -0.2) is 44.3 Å². The van der Waals surface area contributed by atoms with Gasteiger partial charge in [0.25, 0.3) is 0 Å². The number of rotatable bonds is 2. The molecule has 1 aliphatic rings. The lowest BCUT2D eigenvalue weighted by atomic mass is 10.1. The lowest BCUT2D eigenvalue weighted by Crippen LogP contribution is -2.52. The Morgan fingerprint density at radius 2 is 2.10 bits per heavy atom. The highest BCUT2D eigenvalue weighted by Gasteiger charge is 2.30. The number of carbonyl (C=O) groups excluding carboxylic acids is 1. The third-order valence-electron chi connectivity index (χ3n) is 4.48. The molecule has 2 rings (SSSR count). The van der Waals surface area contributed by atoms with Gasteiger partial charge in [0.1, 0.15) is 0 Å². The van der Waals surface area contributed by atoms with Gasteiger partial charge in [-0.25, -0.2) is 4.79 Å². The van der Waals surface area contributed by atoms with Crippen LogP contribution in [0.15, 0.2) is 0 Å². The van der Waals surface area contributed by atoms with E-state index in [1.54, 1.807) is 0 Å². The fraction of sp³-hybridized carbons (Fsp3) is 0.733. The summed E-state index contributed by atoms with van der Waals surface area (Å²) >= 11 is 1.94. The molecule has 1 aromatic rings. The van der Waals surface area contributed by atoms with Crippen molar-refractivity contribution >= 4 is 17.8 Å². The molecule has 3 unspecified atom stereocenters. The summed E-state index contributed by atoms with van der Waals surface area (Å²) in [5, 5.41) is 8.05. The fourth-order valence-corrected chi connectivity index (χ4v) is 4.08. The van der Waals surface area contributed by atoms with Crippen molar-refractivity contribution in [2.75, 3.05) is 12.3 Å². The van der Waals surface area contributed by atoms with Crippen molar-refractivity contribution in [3.63, 3.8) is 0 Å². The van der Waals surface area contributed by atoms with Gasteiger partial charge in [0, 0.05) is 41.9 Å². The zero-order chi connectivity index (χ0) is 15.7. The van der Waals surface area contributed by atoms with Crippen molar-refractivity contribution in [1.29, 1.82) is 0 Å². The van der Waals surface area contributed by atoms with Crippen LogP contribution in [-0.2, 0) is 7.05 Å². The Labute approximate surface area is 131 Å². The summed E-state index contributed by atoms with van der Waals surface area (Å²) in [5.41, 5.74) is 3.22. The quantitative estimate of drug-likeness (QED) is 0.913. The van der Waals surface area contributed by atoms with Gasteiger partial charge in [-0.05, 0) is 27.7 Å². The van der Waals surface area contributed by atoms with E-state index < -0.39 is 0 Å². The molecular weight excluding hydrogens is 284 g/mol. The molecule has 118 valence electrons. The molecule has 1 N–H and O–H groups in total. The minimum Gasteiger partial charge on any atom is -0.331 e. The molecule has 3 atom stereocenters. The van der Waals surface area contributed by atoms with Crippen LogP contribution in [0.2, 0.25) is 0 Å². The molecule has 0 spiro atoms. The molecule has 21 heavy (non-hydrogen) atoms. The molecule has 0 radical (unpaired) electrons. The van der Waals surface area contributed by atoms with Crippen molar-refractivity contribution in [3.8, 4) is 0 Å². The summed E-state index contributed by atoms with van der Waals surface area (Å²) in [7, 11) is 1.94. The number of aromatic nitrogens is 2. The highest BCUT2D eigenvalue weighted by atomic mass is 32.2. The summed E-state index contributed by atoms with van der Waals surface area (Å²) < 4.78 is 1.87. The Hall–Kier alpha value is -1.17. The Kier molecular flexibility index (Phi) is 4.86. The first-order chi connectivity index (χ1) is 9.82. The molecule has 1 aromatic heterocycles. The van der Waals surface area contributed by atoms with E-state index in [1.807, 2.05) is 49.2 Å². The number of hydrogen-bond donors (Lipinski definition) is 1. The standard InChI is InChI=1S/C15H26N4OS/c1-9(14-10(2)17-18(6)12(14)4)16-15(20)19-7-8-21-13(5)11(19)3/h9,11,13H,7-8H2,1-6H3,(H,16,20). The van der Waals surface area contributed by atoms with Gasteiger partial charge in [-0.3, -0.25) is 4.68 Å². The van der Waals surface area contributed by atoms with Crippen molar-refractivity contribution in [2.45, 2.75) is 52.0 Å². The Morgan fingerprint density at radius 3 is 2.67 bits per heavy atom. The van der Waals surface area contributed by atoms with Gasteiger partial charge in [0.05, 0.1) is 11.7 Å². The lowest BCUT2D eigenvalue weighted by Gasteiger charge is -2.38. The summed E-state index contributed by atoms with van der Waals surface area (Å²) in [6, 6.07) is 0.278. The van der Waals surface area contributed by atoms with E-state index in [0.717, 1.165) is 29.2 Å². The van der Waals surface area contributed by atoms with Gasteiger partial charge >= 0.3 is 6.03 Å². The number of nitrogens with one attached hydrogen (secondary N) is 1. The largest absolute Gasteiger partial charge is 0.331 e. The molecule has 5 nitrogen and oxygen atoms in total. The monoisotopic (exact) mass is 310 g/mol. The van der Waals surface area contributed by atoms with E-state index in [4.69, 9.17) is 0 Å². The molecule has 1 saturated heterocycles. The highest BCUT2D eigenvalue weighted by Crippen LogP contribution is 2.25. The van der Waals surface area contributed by atoms with Crippen molar-refractivity contribution in [2.24, 2.45) is 7.05 Å². The third kappa shape index (κ3) is 3.20. The smallest absolute Gasteiger partial charge is 0.318 e. The van der Waals surface area contributed by atoms with E-state index in [9.17, 15) is 4.79 Å². The van der Waals surface area contributed by atoms with E-state index in [1.165, 1.54) is 0 Å². The maximum absolute atomic E-state index is 12.5. The van der Waals surface area contributed by atoms with Crippen LogP contribution in [0.4, 0.5) is 4.79 Å². The maximum Gasteiger partial charge on any atom is 0.318 e. The molecule has 0 aliphatic carbocycles. The third-order valence-corrected chi connectivity index (χ3v) is 5.82. The number of hydrogen-bond acceptors (Lipinski definition) is 3. The fourth-order valence-electron chi connectivity index (χ4n) is 2.98. The Bertz CT molecular complexity index is 528. The summed E-state index contributed by atoms with van der Waals surface area (Å²) in [4.78, 5) is 14.5. The predicted molar refractivity (Wildman–Crippen MR) is 87.7 cm³/mol. The normalized spacial score (nSPS) is 24.0. The van der Waals surface area contributed by atoms with E-state index in [-0.39, 0.29) is 18.1 Å². The average molecular weight is 310 g/mol. The minimum absolute atomic E-state index is 0.0247. The van der Waals surface area contributed by atoms with Crippen molar-refractivity contribution in [1.82, 2.24) is 20.0 Å². The van der Waals surface area contributed by atoms with Gasteiger partial charge in [-0.1, -0.05) is 6.92 Å². The van der Waals surface area contributed by atoms with Gasteiger partial charge in [-0.2, -0.15) is 16.9 Å². The molecular formula is C15H26N4OS. The topological polar surface area (TPSA) is 50.2 Å². The molecule has 0 bridgehead atoms. The first-order valence-electron chi connectivity index (χ1n) is 7.51. The van der Waals surface area contributed by atoms with E-state index in [2.05, 4.69) is 24.3 Å². The van der Waals surface area contributed by atoms with Gasteiger partial charge in [-0.15, -0.1) is 0 Å². The molecule has 6 heteroatoms. The van der Waals surface area contributed by atoms with Gasteiger partial charge < -0.3 is 10.2 Å². The number of aryl methyl sites for hydroxylation is 2. The van der Waals surface area contributed by atoms with Crippen LogP contribution < -0.4 is 5.32 Å². The number of nitrogens with zero attached hydrogens (tertiary/aromatic N) is 3. The van der Waals surface area contributed by atoms with Gasteiger partial charge in [0.15, 0.2) is 0 Å². The summed E-state index contributed by atoms with van der Waals surface area (Å²) in [5.74, 6) is 1.01. The molecule has 2 amide bonds. The van der Waals surface area contributed by atoms with Crippen LogP contribution in [0.1, 0.15) is 43.8 Å². The first kappa shape index (κ1) is 16.2. The Morgan fingerprint density at radius 1 is 1.43 bits per heavy atom. The maximum atomic E-state index is 12.5. The molecule has 1 fully saturated rings. The zero-order valence-electron chi connectivity index (χ0n) is 13.8.